The van der Waals surface area contributed by atoms with Gasteiger partial charge in [0.1, 0.15) is 11.5 Å². The second-order valence-electron chi connectivity index (χ2n) is 6.72. The molecule has 1 aromatic rings. The topological polar surface area (TPSA) is 38.8 Å². The molecule has 4 nitrogen and oxygen atoms in total. The molecule has 0 spiro atoms. The highest BCUT2D eigenvalue weighted by molar-refractivity contribution is 5.81. The molecular formula is C18H27NO3. The van der Waals surface area contributed by atoms with E-state index in [-0.39, 0.29) is 11.3 Å². The summed E-state index contributed by atoms with van der Waals surface area (Å²) in [5, 5.41) is 0. The minimum Gasteiger partial charge on any atom is -0.497 e. The first-order valence-electron chi connectivity index (χ1n) is 8.04. The summed E-state index contributed by atoms with van der Waals surface area (Å²) in [7, 11) is 1.62. The average molecular weight is 305 g/mol. The Labute approximate surface area is 133 Å². The molecule has 1 heterocycles. The Morgan fingerprint density at radius 3 is 2.73 bits per heavy atom. The van der Waals surface area contributed by atoms with E-state index in [0.717, 1.165) is 25.3 Å². The molecule has 122 valence electrons. The first-order chi connectivity index (χ1) is 10.4. The van der Waals surface area contributed by atoms with Crippen LogP contribution in [0.2, 0.25) is 0 Å². The minimum absolute atomic E-state index is 0.0955. The zero-order valence-corrected chi connectivity index (χ0v) is 14.1. The van der Waals surface area contributed by atoms with Gasteiger partial charge in [-0.1, -0.05) is 26.8 Å². The van der Waals surface area contributed by atoms with Gasteiger partial charge >= 0.3 is 0 Å². The summed E-state index contributed by atoms with van der Waals surface area (Å²) < 4.78 is 11.1. The maximum absolute atomic E-state index is 12.7. The Bertz CT molecular complexity index is 513. The van der Waals surface area contributed by atoms with E-state index in [0.29, 0.717) is 12.2 Å². The molecule has 0 aliphatic carbocycles. The molecule has 1 amide bonds. The van der Waals surface area contributed by atoms with Crippen molar-refractivity contribution < 1.29 is 14.3 Å². The predicted octanol–water partition coefficient (Wildman–Crippen LogP) is 3.50. The van der Waals surface area contributed by atoms with Crippen LogP contribution in [0.5, 0.6) is 11.5 Å². The van der Waals surface area contributed by atoms with E-state index in [1.807, 2.05) is 36.1 Å². The van der Waals surface area contributed by atoms with Gasteiger partial charge in [-0.05, 0) is 36.8 Å². The third-order valence-corrected chi connectivity index (χ3v) is 4.18. The van der Waals surface area contributed by atoms with E-state index in [2.05, 4.69) is 13.8 Å². The highest BCUT2D eigenvalue weighted by Gasteiger charge is 2.32. The van der Waals surface area contributed by atoms with Gasteiger partial charge in [0.15, 0.2) is 6.10 Å². The SMILES string of the molecule is CC[C@H](Oc1cccc(OC)c1)C(=O)N1CCCC(C)(C)C1. The fourth-order valence-electron chi connectivity index (χ4n) is 2.96. The highest BCUT2D eigenvalue weighted by Crippen LogP contribution is 2.29. The molecule has 0 aromatic heterocycles. The number of benzene rings is 1. The summed E-state index contributed by atoms with van der Waals surface area (Å²) in [4.78, 5) is 14.7. The van der Waals surface area contributed by atoms with Gasteiger partial charge < -0.3 is 14.4 Å². The fourth-order valence-corrected chi connectivity index (χ4v) is 2.96. The van der Waals surface area contributed by atoms with Crippen LogP contribution in [0, 0.1) is 5.41 Å². The van der Waals surface area contributed by atoms with E-state index in [1.54, 1.807) is 7.11 Å². The molecule has 1 atom stereocenters. The number of carbonyl (C=O) groups is 1. The van der Waals surface area contributed by atoms with E-state index >= 15 is 0 Å². The number of hydrogen-bond donors (Lipinski definition) is 0. The number of ether oxygens (including phenoxy) is 2. The normalized spacial score (nSPS) is 18.6. The van der Waals surface area contributed by atoms with Crippen molar-refractivity contribution in [1.29, 1.82) is 0 Å². The molecule has 1 fully saturated rings. The van der Waals surface area contributed by atoms with Crippen LogP contribution in [0.4, 0.5) is 0 Å². The molecule has 22 heavy (non-hydrogen) atoms. The fraction of sp³-hybridized carbons (Fsp3) is 0.611. The molecule has 1 aliphatic rings. The van der Waals surface area contributed by atoms with E-state index in [1.165, 1.54) is 6.42 Å². The van der Waals surface area contributed by atoms with Crippen molar-refractivity contribution >= 4 is 5.91 Å². The maximum atomic E-state index is 12.7. The number of methoxy groups -OCH3 is 1. The van der Waals surface area contributed by atoms with Crippen LogP contribution >= 0.6 is 0 Å². The van der Waals surface area contributed by atoms with E-state index < -0.39 is 6.10 Å². The standard InChI is InChI=1S/C18H27NO3/c1-5-16(22-15-9-6-8-14(12-15)21-4)17(20)19-11-7-10-18(2,3)13-19/h6,8-9,12,16H,5,7,10-11,13H2,1-4H3/t16-/m0/s1. The van der Waals surface area contributed by atoms with Gasteiger partial charge in [-0.25, -0.2) is 0 Å². The van der Waals surface area contributed by atoms with Crippen LogP contribution < -0.4 is 9.47 Å². The van der Waals surface area contributed by atoms with Crippen molar-refractivity contribution in [1.82, 2.24) is 4.90 Å². The monoisotopic (exact) mass is 305 g/mol. The van der Waals surface area contributed by atoms with Crippen LogP contribution in [-0.4, -0.2) is 37.1 Å². The third-order valence-electron chi connectivity index (χ3n) is 4.18. The molecule has 4 heteroatoms. The van der Waals surface area contributed by atoms with Crippen LogP contribution in [0.3, 0.4) is 0 Å². The first kappa shape index (κ1) is 16.7. The van der Waals surface area contributed by atoms with Gasteiger partial charge in [0.25, 0.3) is 5.91 Å². The average Bonchev–Trinajstić information content (AvgIpc) is 2.51. The Balaban J connectivity index is 2.05. The summed E-state index contributed by atoms with van der Waals surface area (Å²) in [5.41, 5.74) is 0.197. The van der Waals surface area contributed by atoms with E-state index in [4.69, 9.17) is 9.47 Å². The van der Waals surface area contributed by atoms with Crippen molar-refractivity contribution in [3.05, 3.63) is 24.3 Å². The highest BCUT2D eigenvalue weighted by atomic mass is 16.5. The number of nitrogens with zero attached hydrogens (tertiary/aromatic N) is 1. The molecule has 1 saturated heterocycles. The summed E-state index contributed by atoms with van der Waals surface area (Å²) in [6.07, 6.45) is 2.46. The Morgan fingerprint density at radius 1 is 1.36 bits per heavy atom. The van der Waals surface area contributed by atoms with Crippen LogP contribution in [0.15, 0.2) is 24.3 Å². The molecule has 0 unspecified atom stereocenters. The third kappa shape index (κ3) is 4.15. The lowest BCUT2D eigenvalue weighted by Crippen LogP contribution is -2.48. The zero-order valence-electron chi connectivity index (χ0n) is 14.1. The van der Waals surface area contributed by atoms with Crippen molar-refractivity contribution in [3.63, 3.8) is 0 Å². The van der Waals surface area contributed by atoms with Crippen molar-refractivity contribution in [3.8, 4) is 11.5 Å². The van der Waals surface area contributed by atoms with Gasteiger partial charge in [0, 0.05) is 19.2 Å². The van der Waals surface area contributed by atoms with Crippen molar-refractivity contribution in [2.45, 2.75) is 46.1 Å². The molecule has 0 saturated carbocycles. The summed E-state index contributed by atoms with van der Waals surface area (Å²) in [5.74, 6) is 1.51. The molecule has 0 N–H and O–H groups in total. The predicted molar refractivity (Wildman–Crippen MR) is 87.3 cm³/mol. The quantitative estimate of drug-likeness (QED) is 0.835. The van der Waals surface area contributed by atoms with Crippen LogP contribution in [0.25, 0.3) is 0 Å². The summed E-state index contributed by atoms with van der Waals surface area (Å²) >= 11 is 0. The second-order valence-corrected chi connectivity index (χ2v) is 6.72. The largest absolute Gasteiger partial charge is 0.497 e. The lowest BCUT2D eigenvalue weighted by molar-refractivity contribution is -0.142. The van der Waals surface area contributed by atoms with Gasteiger partial charge in [0.2, 0.25) is 0 Å². The van der Waals surface area contributed by atoms with Crippen LogP contribution in [0.1, 0.15) is 40.0 Å². The van der Waals surface area contributed by atoms with Gasteiger partial charge in [-0.15, -0.1) is 0 Å². The van der Waals surface area contributed by atoms with Gasteiger partial charge in [0.05, 0.1) is 7.11 Å². The van der Waals surface area contributed by atoms with E-state index in [9.17, 15) is 4.79 Å². The van der Waals surface area contributed by atoms with Gasteiger partial charge in [-0.3, -0.25) is 4.79 Å². The Morgan fingerprint density at radius 2 is 2.09 bits per heavy atom. The molecule has 1 aromatic carbocycles. The lowest BCUT2D eigenvalue weighted by atomic mass is 9.84. The summed E-state index contributed by atoms with van der Waals surface area (Å²) in [6.45, 7) is 8.06. The minimum atomic E-state index is -0.430. The number of rotatable bonds is 5. The van der Waals surface area contributed by atoms with Crippen molar-refractivity contribution in [2.24, 2.45) is 5.41 Å². The smallest absolute Gasteiger partial charge is 0.263 e. The molecule has 1 aliphatic heterocycles. The van der Waals surface area contributed by atoms with Crippen molar-refractivity contribution in [2.75, 3.05) is 20.2 Å². The number of likely N-dealkylation sites (tertiary alicyclic amines) is 1. The Kier molecular flexibility index (Phi) is 5.33. The molecule has 0 radical (unpaired) electrons. The number of carbonyl (C=O) groups excluding carboxylic acids is 1. The molecule has 0 bridgehead atoms. The Hall–Kier alpha value is -1.71. The number of hydrogen-bond acceptors (Lipinski definition) is 3. The lowest BCUT2D eigenvalue weighted by Gasteiger charge is -2.39. The maximum Gasteiger partial charge on any atom is 0.263 e. The molecular weight excluding hydrogens is 278 g/mol. The van der Waals surface area contributed by atoms with Gasteiger partial charge in [-0.2, -0.15) is 0 Å². The van der Waals surface area contributed by atoms with Crippen LogP contribution in [-0.2, 0) is 4.79 Å². The summed E-state index contributed by atoms with van der Waals surface area (Å²) in [6, 6.07) is 7.41. The zero-order chi connectivity index (χ0) is 16.2. The second kappa shape index (κ2) is 7.03. The number of piperidine rings is 1. The number of amides is 1. The first-order valence-corrected chi connectivity index (χ1v) is 8.04. The molecule has 2 rings (SSSR count).